The second-order valence-electron chi connectivity index (χ2n) is 5.66. The van der Waals surface area contributed by atoms with Gasteiger partial charge in [-0.1, -0.05) is 17.7 Å². The van der Waals surface area contributed by atoms with Crippen LogP contribution in [-0.2, 0) is 11.2 Å². The lowest BCUT2D eigenvalue weighted by molar-refractivity contribution is -0.116. The summed E-state index contributed by atoms with van der Waals surface area (Å²) in [5.74, 6) is -0.920. The Kier molecular flexibility index (Phi) is 6.16. The summed E-state index contributed by atoms with van der Waals surface area (Å²) in [5.41, 5.74) is 1.68. The molecule has 1 heterocycles. The average Bonchev–Trinajstić information content (AvgIpc) is 3.08. The quantitative estimate of drug-likeness (QED) is 0.623. The Bertz CT molecular complexity index is 960. The normalized spacial score (nSPS) is 10.4. The molecule has 8 heteroatoms. The highest BCUT2D eigenvalue weighted by Crippen LogP contribution is 2.19. The molecule has 0 atom stereocenters. The summed E-state index contributed by atoms with van der Waals surface area (Å²) in [6, 6.07) is 12.2. The fourth-order valence-corrected chi connectivity index (χ4v) is 3.21. The largest absolute Gasteiger partial charge is 0.326 e. The van der Waals surface area contributed by atoms with E-state index in [1.807, 2.05) is 0 Å². The lowest BCUT2D eigenvalue weighted by atomic mass is 10.2. The van der Waals surface area contributed by atoms with Gasteiger partial charge < -0.3 is 5.32 Å². The van der Waals surface area contributed by atoms with Gasteiger partial charge in [0.15, 0.2) is 5.13 Å². The Hall–Kier alpha value is -2.77. The molecule has 27 heavy (non-hydrogen) atoms. The van der Waals surface area contributed by atoms with E-state index in [2.05, 4.69) is 15.6 Å². The highest BCUT2D eigenvalue weighted by molar-refractivity contribution is 7.14. The van der Waals surface area contributed by atoms with Crippen LogP contribution in [0.1, 0.15) is 22.5 Å². The minimum absolute atomic E-state index is 0.151. The molecule has 138 valence electrons. The van der Waals surface area contributed by atoms with Gasteiger partial charge in [-0.05, 0) is 48.9 Å². The van der Waals surface area contributed by atoms with E-state index >= 15 is 0 Å². The van der Waals surface area contributed by atoms with Crippen LogP contribution in [0.15, 0.2) is 53.9 Å². The van der Waals surface area contributed by atoms with Gasteiger partial charge in [-0.25, -0.2) is 9.37 Å². The van der Waals surface area contributed by atoms with Crippen LogP contribution in [0.2, 0.25) is 5.02 Å². The van der Waals surface area contributed by atoms with Gasteiger partial charge in [-0.2, -0.15) is 0 Å². The van der Waals surface area contributed by atoms with Gasteiger partial charge >= 0.3 is 0 Å². The molecule has 0 fully saturated rings. The summed E-state index contributed by atoms with van der Waals surface area (Å²) < 4.78 is 12.9. The number of hydrogen-bond donors (Lipinski definition) is 2. The van der Waals surface area contributed by atoms with Crippen LogP contribution in [0, 0.1) is 5.82 Å². The number of nitrogens with zero attached hydrogens (tertiary/aromatic N) is 1. The third kappa shape index (κ3) is 5.60. The predicted octanol–water partition coefficient (Wildman–Crippen LogP) is 4.76. The van der Waals surface area contributed by atoms with E-state index in [4.69, 9.17) is 11.6 Å². The molecule has 0 spiro atoms. The molecule has 0 unspecified atom stereocenters. The number of aromatic nitrogens is 1. The summed E-state index contributed by atoms with van der Waals surface area (Å²) in [5, 5.41) is 8.19. The standard InChI is InChI=1S/C19H15ClFN3O2S/c20-13-2-1-3-15(10-13)22-17(25)9-8-16-11-27-19(23-16)24-18(26)12-4-6-14(21)7-5-12/h1-7,10-11H,8-9H2,(H,22,25)(H,23,24,26). The van der Waals surface area contributed by atoms with Crippen LogP contribution in [-0.4, -0.2) is 16.8 Å². The molecule has 0 aliphatic heterocycles. The van der Waals surface area contributed by atoms with Crippen LogP contribution in [0.3, 0.4) is 0 Å². The topological polar surface area (TPSA) is 71.1 Å². The number of carbonyl (C=O) groups excluding carboxylic acids is 2. The molecule has 0 aliphatic carbocycles. The SMILES string of the molecule is O=C(CCc1csc(NC(=O)c2ccc(F)cc2)n1)Nc1cccc(Cl)c1. The van der Waals surface area contributed by atoms with Crippen molar-refractivity contribution in [2.45, 2.75) is 12.8 Å². The lowest BCUT2D eigenvalue weighted by Crippen LogP contribution is -2.13. The van der Waals surface area contributed by atoms with Crippen LogP contribution in [0.25, 0.3) is 0 Å². The maximum absolute atomic E-state index is 12.9. The Morgan fingerprint density at radius 3 is 2.63 bits per heavy atom. The van der Waals surface area contributed by atoms with Crippen molar-refractivity contribution in [3.63, 3.8) is 0 Å². The van der Waals surface area contributed by atoms with Gasteiger partial charge in [0.1, 0.15) is 5.82 Å². The van der Waals surface area contributed by atoms with Crippen molar-refractivity contribution in [3.05, 3.63) is 76.0 Å². The van der Waals surface area contributed by atoms with Crippen molar-refractivity contribution >= 4 is 45.6 Å². The molecule has 1 aromatic heterocycles. The summed E-state index contributed by atoms with van der Waals surface area (Å²) >= 11 is 7.15. The number of rotatable bonds is 6. The molecule has 2 amide bonds. The second kappa shape index (κ2) is 8.75. The zero-order valence-corrected chi connectivity index (χ0v) is 15.6. The van der Waals surface area contributed by atoms with Crippen molar-refractivity contribution in [2.75, 3.05) is 10.6 Å². The molecule has 0 saturated heterocycles. The van der Waals surface area contributed by atoms with Crippen LogP contribution < -0.4 is 10.6 Å². The summed E-state index contributed by atoms with van der Waals surface area (Å²) in [6.45, 7) is 0. The first kappa shape index (κ1) is 19.0. The number of anilines is 2. The zero-order chi connectivity index (χ0) is 19.2. The molecule has 0 saturated carbocycles. The zero-order valence-electron chi connectivity index (χ0n) is 14.0. The number of amides is 2. The average molecular weight is 404 g/mol. The number of carbonyl (C=O) groups is 2. The first-order valence-electron chi connectivity index (χ1n) is 8.06. The molecule has 2 N–H and O–H groups in total. The van der Waals surface area contributed by atoms with Gasteiger partial charge in [0.05, 0.1) is 5.69 Å². The van der Waals surface area contributed by atoms with E-state index in [-0.39, 0.29) is 18.2 Å². The molecule has 0 radical (unpaired) electrons. The van der Waals surface area contributed by atoms with Crippen molar-refractivity contribution in [3.8, 4) is 0 Å². The molecular formula is C19H15ClFN3O2S. The van der Waals surface area contributed by atoms with Crippen LogP contribution in [0.5, 0.6) is 0 Å². The van der Waals surface area contributed by atoms with Gasteiger partial charge in [-0.15, -0.1) is 11.3 Å². The fourth-order valence-electron chi connectivity index (χ4n) is 2.28. The molecule has 3 aromatic rings. The minimum atomic E-state index is -0.404. The monoisotopic (exact) mass is 403 g/mol. The first-order chi connectivity index (χ1) is 13.0. The first-order valence-corrected chi connectivity index (χ1v) is 9.32. The van der Waals surface area contributed by atoms with Crippen molar-refractivity contribution < 1.29 is 14.0 Å². The third-order valence-electron chi connectivity index (χ3n) is 3.60. The number of nitrogens with one attached hydrogen (secondary N) is 2. The highest BCUT2D eigenvalue weighted by Gasteiger charge is 2.10. The van der Waals surface area contributed by atoms with E-state index in [1.165, 1.54) is 35.6 Å². The van der Waals surface area contributed by atoms with E-state index in [1.54, 1.807) is 29.6 Å². The predicted molar refractivity (Wildman–Crippen MR) is 105 cm³/mol. The van der Waals surface area contributed by atoms with Crippen LogP contribution in [0.4, 0.5) is 15.2 Å². The molecule has 5 nitrogen and oxygen atoms in total. The minimum Gasteiger partial charge on any atom is -0.326 e. The van der Waals surface area contributed by atoms with Crippen molar-refractivity contribution in [1.82, 2.24) is 4.98 Å². The van der Waals surface area contributed by atoms with E-state index < -0.39 is 5.82 Å². The summed E-state index contributed by atoms with van der Waals surface area (Å²) in [7, 11) is 0. The number of halogens is 2. The highest BCUT2D eigenvalue weighted by atomic mass is 35.5. The molecule has 2 aromatic carbocycles. The Labute approximate surface area is 164 Å². The van der Waals surface area contributed by atoms with Gasteiger partial charge in [0.25, 0.3) is 5.91 Å². The summed E-state index contributed by atoms with van der Waals surface area (Å²) in [4.78, 5) is 28.4. The molecule has 3 rings (SSSR count). The van der Waals surface area contributed by atoms with Crippen LogP contribution >= 0.6 is 22.9 Å². The maximum Gasteiger partial charge on any atom is 0.257 e. The van der Waals surface area contributed by atoms with Gasteiger partial charge in [-0.3, -0.25) is 14.9 Å². The van der Waals surface area contributed by atoms with E-state index in [0.717, 1.165) is 0 Å². The Morgan fingerprint density at radius 1 is 1.11 bits per heavy atom. The van der Waals surface area contributed by atoms with E-state index in [9.17, 15) is 14.0 Å². The number of aryl methyl sites for hydroxylation is 1. The lowest BCUT2D eigenvalue weighted by Gasteiger charge is -2.04. The molecular weight excluding hydrogens is 389 g/mol. The molecule has 0 bridgehead atoms. The number of thiazole rings is 1. The van der Waals surface area contributed by atoms with Crippen molar-refractivity contribution in [1.29, 1.82) is 0 Å². The van der Waals surface area contributed by atoms with Crippen molar-refractivity contribution in [2.24, 2.45) is 0 Å². The number of hydrogen-bond acceptors (Lipinski definition) is 4. The van der Waals surface area contributed by atoms with Gasteiger partial charge in [0, 0.05) is 28.1 Å². The van der Waals surface area contributed by atoms with Gasteiger partial charge in [0.2, 0.25) is 5.91 Å². The van der Waals surface area contributed by atoms with E-state index in [0.29, 0.717) is 33.5 Å². The number of benzene rings is 2. The maximum atomic E-state index is 12.9. The molecule has 0 aliphatic rings. The second-order valence-corrected chi connectivity index (χ2v) is 6.96. The summed E-state index contributed by atoms with van der Waals surface area (Å²) in [6.07, 6.45) is 0.691. The smallest absolute Gasteiger partial charge is 0.257 e. The third-order valence-corrected chi connectivity index (χ3v) is 4.64. The Morgan fingerprint density at radius 2 is 1.89 bits per heavy atom. The Balaban J connectivity index is 1.51. The fraction of sp³-hybridized carbons (Fsp3) is 0.105.